The number of nitrogens with zero attached hydrogens (tertiary/aromatic N) is 1. The Hall–Kier alpha value is -2.96. The van der Waals surface area contributed by atoms with E-state index in [4.69, 9.17) is 0 Å². The molecule has 0 spiro atoms. The number of nitrogens with one attached hydrogen (secondary N) is 1. The average molecular weight is 334 g/mol. The first kappa shape index (κ1) is 17.4. The van der Waals surface area contributed by atoms with Gasteiger partial charge in [0.25, 0.3) is 0 Å². The first-order valence-electron chi connectivity index (χ1n) is 7.05. The number of amides is 2. The summed E-state index contributed by atoms with van der Waals surface area (Å²) in [5.41, 5.74) is 0.658. The first-order chi connectivity index (χ1) is 11.4. The van der Waals surface area contributed by atoms with E-state index < -0.39 is 23.6 Å². The molecule has 2 aromatic rings. The fourth-order valence-electron chi connectivity index (χ4n) is 2.07. The molecular formula is C17H16F2N2O3. The van der Waals surface area contributed by atoms with Crippen molar-refractivity contribution in [1.82, 2.24) is 4.90 Å². The van der Waals surface area contributed by atoms with Gasteiger partial charge in [-0.1, -0.05) is 18.2 Å². The van der Waals surface area contributed by atoms with Crippen molar-refractivity contribution in [2.75, 3.05) is 19.5 Å². The number of carbonyl (C=O) groups excluding carboxylic acids is 2. The van der Waals surface area contributed by atoms with E-state index in [1.807, 2.05) is 0 Å². The second-order valence-electron chi connectivity index (χ2n) is 5.06. The summed E-state index contributed by atoms with van der Waals surface area (Å²) in [6.45, 7) is -0.0572. The van der Waals surface area contributed by atoms with Gasteiger partial charge in [-0.15, -0.1) is 0 Å². The van der Waals surface area contributed by atoms with Crippen LogP contribution in [-0.2, 0) is 11.3 Å². The molecule has 0 aliphatic heterocycles. The van der Waals surface area contributed by atoms with Gasteiger partial charge in [-0.05, 0) is 18.2 Å². The molecule has 0 radical (unpaired) electrons. The van der Waals surface area contributed by atoms with Crippen molar-refractivity contribution in [3.8, 4) is 0 Å². The van der Waals surface area contributed by atoms with Gasteiger partial charge in [-0.25, -0.2) is 18.4 Å². The van der Waals surface area contributed by atoms with E-state index in [0.29, 0.717) is 0 Å². The first-order valence-corrected chi connectivity index (χ1v) is 7.05. The molecule has 2 rings (SSSR count). The molecule has 0 fully saturated rings. The zero-order valence-corrected chi connectivity index (χ0v) is 13.2. The molecule has 0 unspecified atom stereocenters. The maximum absolute atomic E-state index is 13.7. The second kappa shape index (κ2) is 7.54. The Morgan fingerprint density at radius 3 is 2.54 bits per heavy atom. The number of carbonyl (C=O) groups is 2. The number of urea groups is 1. The molecule has 0 saturated carbocycles. The molecule has 0 saturated heterocycles. The van der Waals surface area contributed by atoms with Gasteiger partial charge < -0.3 is 15.0 Å². The predicted molar refractivity (Wildman–Crippen MR) is 84.6 cm³/mol. The summed E-state index contributed by atoms with van der Waals surface area (Å²) in [6.07, 6.45) is 0. The van der Waals surface area contributed by atoms with Crippen LogP contribution in [0.1, 0.15) is 15.9 Å². The summed E-state index contributed by atoms with van der Waals surface area (Å²) >= 11 is 0. The summed E-state index contributed by atoms with van der Waals surface area (Å²) in [5.74, 6) is -2.00. The molecule has 0 aliphatic carbocycles. The maximum Gasteiger partial charge on any atom is 0.339 e. The van der Waals surface area contributed by atoms with E-state index in [1.165, 1.54) is 31.2 Å². The van der Waals surface area contributed by atoms with Gasteiger partial charge in [-0.3, -0.25) is 0 Å². The van der Waals surface area contributed by atoms with Crippen molar-refractivity contribution < 1.29 is 23.1 Å². The molecule has 0 heterocycles. The number of anilines is 1. The molecule has 5 nitrogen and oxygen atoms in total. The lowest BCUT2D eigenvalue weighted by Crippen LogP contribution is -2.31. The largest absolute Gasteiger partial charge is 0.465 e. The van der Waals surface area contributed by atoms with Crippen LogP contribution in [0.25, 0.3) is 0 Å². The van der Waals surface area contributed by atoms with Crippen molar-refractivity contribution >= 4 is 17.7 Å². The molecule has 2 amide bonds. The van der Waals surface area contributed by atoms with E-state index in [0.717, 1.165) is 12.1 Å². The highest BCUT2D eigenvalue weighted by Gasteiger charge is 2.16. The van der Waals surface area contributed by atoms with Crippen molar-refractivity contribution in [2.45, 2.75) is 6.54 Å². The lowest BCUT2D eigenvalue weighted by atomic mass is 10.2. The Morgan fingerprint density at radius 2 is 1.88 bits per heavy atom. The van der Waals surface area contributed by atoms with Gasteiger partial charge in [0.15, 0.2) is 0 Å². The molecule has 126 valence electrons. The monoisotopic (exact) mass is 334 g/mol. The summed E-state index contributed by atoms with van der Waals surface area (Å²) in [4.78, 5) is 25.1. The van der Waals surface area contributed by atoms with E-state index in [1.54, 1.807) is 18.2 Å². The Labute approximate surface area is 137 Å². The van der Waals surface area contributed by atoms with Crippen LogP contribution in [0.4, 0.5) is 19.3 Å². The van der Waals surface area contributed by atoms with Crippen LogP contribution in [0.5, 0.6) is 0 Å². The number of halogens is 2. The normalized spacial score (nSPS) is 10.2. The van der Waals surface area contributed by atoms with Gasteiger partial charge in [0.2, 0.25) is 0 Å². The molecule has 24 heavy (non-hydrogen) atoms. The quantitative estimate of drug-likeness (QED) is 0.872. The van der Waals surface area contributed by atoms with E-state index >= 15 is 0 Å². The number of para-hydroxylation sites is 1. The Morgan fingerprint density at radius 1 is 1.17 bits per heavy atom. The highest BCUT2D eigenvalue weighted by Crippen LogP contribution is 2.17. The summed E-state index contributed by atoms with van der Waals surface area (Å²) in [7, 11) is 2.70. The summed E-state index contributed by atoms with van der Waals surface area (Å²) in [5, 5.41) is 2.57. The summed E-state index contributed by atoms with van der Waals surface area (Å²) < 4.78 is 31.2. The lowest BCUT2D eigenvalue weighted by molar-refractivity contribution is 0.0602. The average Bonchev–Trinajstić information content (AvgIpc) is 2.57. The third kappa shape index (κ3) is 4.07. The molecule has 2 aromatic carbocycles. The third-order valence-electron chi connectivity index (χ3n) is 3.34. The molecule has 0 aromatic heterocycles. The lowest BCUT2D eigenvalue weighted by Gasteiger charge is -2.19. The molecule has 1 N–H and O–H groups in total. The molecule has 0 bridgehead atoms. The van der Waals surface area contributed by atoms with Crippen LogP contribution in [-0.4, -0.2) is 31.1 Å². The van der Waals surface area contributed by atoms with Crippen LogP contribution in [0.2, 0.25) is 0 Å². The zero-order chi connectivity index (χ0) is 17.7. The number of benzene rings is 2. The minimum Gasteiger partial charge on any atom is -0.465 e. The Bertz CT molecular complexity index is 765. The van der Waals surface area contributed by atoms with Crippen molar-refractivity contribution in [1.29, 1.82) is 0 Å². The SMILES string of the molecule is COC(=O)c1ccccc1NC(=O)N(C)Cc1ccc(F)cc1F. The number of hydrogen-bond donors (Lipinski definition) is 1. The van der Waals surface area contributed by atoms with E-state index in [-0.39, 0.29) is 23.4 Å². The van der Waals surface area contributed by atoms with Gasteiger partial charge in [0.05, 0.1) is 18.4 Å². The van der Waals surface area contributed by atoms with Crippen molar-refractivity contribution in [3.05, 3.63) is 65.2 Å². The topological polar surface area (TPSA) is 58.6 Å². The van der Waals surface area contributed by atoms with Crippen LogP contribution >= 0.6 is 0 Å². The highest BCUT2D eigenvalue weighted by atomic mass is 19.1. The van der Waals surface area contributed by atoms with Crippen molar-refractivity contribution in [2.24, 2.45) is 0 Å². The minimum atomic E-state index is -0.732. The van der Waals surface area contributed by atoms with Crippen molar-refractivity contribution in [3.63, 3.8) is 0 Å². The number of esters is 1. The van der Waals surface area contributed by atoms with E-state index in [2.05, 4.69) is 10.1 Å². The van der Waals surface area contributed by atoms with Gasteiger partial charge >= 0.3 is 12.0 Å². The maximum atomic E-state index is 13.7. The number of ether oxygens (including phenoxy) is 1. The fourth-order valence-corrected chi connectivity index (χ4v) is 2.07. The molecule has 0 atom stereocenters. The zero-order valence-electron chi connectivity index (χ0n) is 13.2. The minimum absolute atomic E-state index is 0.0572. The summed E-state index contributed by atoms with van der Waals surface area (Å²) in [6, 6.07) is 8.97. The highest BCUT2D eigenvalue weighted by molar-refractivity contribution is 6.00. The van der Waals surface area contributed by atoms with Crippen LogP contribution in [0, 0.1) is 11.6 Å². The molecule has 0 aliphatic rings. The van der Waals surface area contributed by atoms with Crippen LogP contribution in [0.3, 0.4) is 0 Å². The standard InChI is InChI=1S/C17H16F2N2O3/c1-21(10-11-7-8-12(18)9-14(11)19)17(23)20-15-6-4-3-5-13(15)16(22)24-2/h3-9H,10H2,1-2H3,(H,20,23). The van der Waals surface area contributed by atoms with E-state index in [9.17, 15) is 18.4 Å². The van der Waals surface area contributed by atoms with Gasteiger partial charge in [-0.2, -0.15) is 0 Å². The number of rotatable bonds is 4. The predicted octanol–water partition coefficient (Wildman–Crippen LogP) is 3.42. The fraction of sp³-hybridized carbons (Fsp3) is 0.176. The Balaban J connectivity index is 2.11. The Kier molecular flexibility index (Phi) is 5.47. The smallest absolute Gasteiger partial charge is 0.339 e. The van der Waals surface area contributed by atoms with Crippen LogP contribution < -0.4 is 5.32 Å². The second-order valence-corrected chi connectivity index (χ2v) is 5.06. The van der Waals surface area contributed by atoms with Gasteiger partial charge in [0.1, 0.15) is 11.6 Å². The molecule has 7 heteroatoms. The molecular weight excluding hydrogens is 318 g/mol. The number of hydrogen-bond acceptors (Lipinski definition) is 3. The van der Waals surface area contributed by atoms with Crippen LogP contribution in [0.15, 0.2) is 42.5 Å². The number of methoxy groups -OCH3 is 1. The third-order valence-corrected chi connectivity index (χ3v) is 3.34. The van der Waals surface area contributed by atoms with Gasteiger partial charge in [0, 0.05) is 25.2 Å².